The first-order chi connectivity index (χ1) is 19.4. The lowest BCUT2D eigenvalue weighted by Gasteiger charge is -2.19. The predicted octanol–water partition coefficient (Wildman–Crippen LogP) is 2.04. The zero-order valence-corrected chi connectivity index (χ0v) is 22.6. The van der Waals surface area contributed by atoms with Crippen molar-refractivity contribution in [2.24, 2.45) is 11.1 Å². The number of aliphatic hydroxyl groups excluding tert-OH is 2. The lowest BCUT2D eigenvalue weighted by molar-refractivity contribution is 0.00778. The summed E-state index contributed by atoms with van der Waals surface area (Å²) in [5, 5.41) is 29.1. The molecule has 1 aliphatic carbocycles. The van der Waals surface area contributed by atoms with Crippen molar-refractivity contribution in [3.05, 3.63) is 89.0 Å². The summed E-state index contributed by atoms with van der Waals surface area (Å²) in [6.07, 6.45) is 1.47. The zero-order chi connectivity index (χ0) is 29.5. The summed E-state index contributed by atoms with van der Waals surface area (Å²) in [6.45, 7) is 1.50. The summed E-state index contributed by atoms with van der Waals surface area (Å²) in [4.78, 5) is 21.9. The normalized spacial score (nSPS) is 20.9. The summed E-state index contributed by atoms with van der Waals surface area (Å²) in [5.41, 5.74) is 2.03. The number of hydrogen-bond acceptors (Lipinski definition) is 9. The molecule has 2 aromatic heterocycles. The second kappa shape index (κ2) is 11.2. The monoisotopic (exact) mass is 587 g/mol. The van der Waals surface area contributed by atoms with Crippen molar-refractivity contribution in [2.45, 2.75) is 38.1 Å². The van der Waals surface area contributed by atoms with Crippen LogP contribution < -0.4 is 10.5 Å². The minimum absolute atomic E-state index is 0.0272. The number of nitrogens with zero attached hydrogens (tertiary/aromatic N) is 3. The Bertz CT molecular complexity index is 1730. The second-order valence-corrected chi connectivity index (χ2v) is 11.3. The summed E-state index contributed by atoms with van der Waals surface area (Å²) in [6, 6.07) is 7.96. The molecule has 0 saturated heterocycles. The number of nitrogens with one attached hydrogen (secondary N) is 1. The number of rotatable bonds is 9. The molecule has 11 nitrogen and oxygen atoms in total. The van der Waals surface area contributed by atoms with Gasteiger partial charge in [-0.2, -0.15) is 8.42 Å². The molecule has 5 N–H and O–H groups in total. The fraction of sp³-hybridized carbons (Fsp3) is 0.296. The van der Waals surface area contributed by atoms with E-state index in [1.807, 2.05) is 0 Å². The highest BCUT2D eigenvalue weighted by molar-refractivity contribution is 7.84. The van der Waals surface area contributed by atoms with Crippen LogP contribution in [0.5, 0.6) is 0 Å². The molecule has 0 bridgehead atoms. The molecule has 1 saturated carbocycles. The number of aromatic nitrogens is 3. The Morgan fingerprint density at radius 1 is 1.17 bits per heavy atom. The number of aliphatic hydroxyl groups is 2. The number of fused-ring (bicyclic) bond motifs is 1. The van der Waals surface area contributed by atoms with E-state index in [0.717, 1.165) is 5.56 Å². The number of benzene rings is 2. The van der Waals surface area contributed by atoms with Crippen LogP contribution in [0.15, 0.2) is 55.1 Å². The predicted molar refractivity (Wildman–Crippen MR) is 144 cm³/mol. The molecule has 14 heteroatoms. The van der Waals surface area contributed by atoms with E-state index in [-0.39, 0.29) is 29.2 Å². The lowest BCUT2D eigenvalue weighted by Crippen LogP contribution is -2.36. The third kappa shape index (κ3) is 6.11. The van der Waals surface area contributed by atoms with Gasteiger partial charge in [0.25, 0.3) is 0 Å². The fourth-order valence-electron chi connectivity index (χ4n) is 5.13. The molecule has 2 heterocycles. The van der Waals surface area contributed by atoms with Gasteiger partial charge in [-0.15, -0.1) is 0 Å². The molecule has 0 radical (unpaired) electrons. The molecule has 0 amide bonds. The van der Waals surface area contributed by atoms with Crippen LogP contribution in [-0.4, -0.2) is 63.8 Å². The van der Waals surface area contributed by atoms with E-state index in [9.17, 15) is 32.2 Å². The molecule has 216 valence electrons. The van der Waals surface area contributed by atoms with Crippen molar-refractivity contribution in [3.63, 3.8) is 0 Å². The highest BCUT2D eigenvalue weighted by Crippen LogP contribution is 2.32. The van der Waals surface area contributed by atoms with Crippen LogP contribution in [0.4, 0.5) is 14.6 Å². The summed E-state index contributed by atoms with van der Waals surface area (Å²) >= 11 is 0. The Labute approximate surface area is 233 Å². The highest BCUT2D eigenvalue weighted by atomic mass is 32.2. The Morgan fingerprint density at radius 2 is 1.95 bits per heavy atom. The van der Waals surface area contributed by atoms with Gasteiger partial charge in [-0.1, -0.05) is 12.1 Å². The van der Waals surface area contributed by atoms with Gasteiger partial charge in [0, 0.05) is 41.3 Å². The molecular formula is C27H27F2N5O6S. The van der Waals surface area contributed by atoms with Gasteiger partial charge < -0.3 is 20.1 Å². The SMILES string of the molecule is Cc1cc(Cn2cc(C(=O)c3cncnc3N[C@@H]3C[C@H](COS(N)(=O)=O)[C@@H](O)[C@H]3O)c3cc(F)ccc32)ccc1F. The third-order valence-electron chi connectivity index (χ3n) is 7.19. The fourth-order valence-corrected chi connectivity index (χ4v) is 5.49. The van der Waals surface area contributed by atoms with Crippen molar-refractivity contribution in [1.29, 1.82) is 0 Å². The van der Waals surface area contributed by atoms with Gasteiger partial charge in [0.2, 0.25) is 0 Å². The molecule has 0 unspecified atom stereocenters. The molecule has 5 rings (SSSR count). The van der Waals surface area contributed by atoms with E-state index in [1.165, 1.54) is 30.7 Å². The maximum atomic E-state index is 14.3. The first-order valence-electron chi connectivity index (χ1n) is 12.6. The van der Waals surface area contributed by atoms with Crippen molar-refractivity contribution in [3.8, 4) is 0 Å². The highest BCUT2D eigenvalue weighted by Gasteiger charge is 2.42. The van der Waals surface area contributed by atoms with Crippen LogP contribution in [0, 0.1) is 24.5 Å². The number of ketones is 1. The minimum Gasteiger partial charge on any atom is -0.390 e. The first kappa shape index (κ1) is 28.7. The average Bonchev–Trinajstić information content (AvgIpc) is 3.40. The second-order valence-electron chi connectivity index (χ2n) is 10.0. The number of nitrogens with two attached hydrogens (primary N) is 1. The maximum Gasteiger partial charge on any atom is 0.333 e. The lowest BCUT2D eigenvalue weighted by atomic mass is 10.0. The molecule has 4 aromatic rings. The van der Waals surface area contributed by atoms with Gasteiger partial charge in [-0.25, -0.2) is 23.9 Å². The zero-order valence-electron chi connectivity index (χ0n) is 21.7. The number of carbonyl (C=O) groups excluding carboxylic acids is 1. The maximum absolute atomic E-state index is 14.3. The van der Waals surface area contributed by atoms with Crippen molar-refractivity contribution in [1.82, 2.24) is 14.5 Å². The Kier molecular flexibility index (Phi) is 7.85. The van der Waals surface area contributed by atoms with E-state index in [4.69, 9.17) is 5.14 Å². The minimum atomic E-state index is -4.24. The Hall–Kier alpha value is -3.82. The van der Waals surface area contributed by atoms with Crippen LogP contribution >= 0.6 is 0 Å². The summed E-state index contributed by atoms with van der Waals surface area (Å²) < 4.78 is 56.7. The Balaban J connectivity index is 1.45. The van der Waals surface area contributed by atoms with Gasteiger partial charge in [-0.05, 0) is 48.7 Å². The van der Waals surface area contributed by atoms with E-state index in [2.05, 4.69) is 19.5 Å². The van der Waals surface area contributed by atoms with Crippen LogP contribution in [0.1, 0.15) is 33.5 Å². The van der Waals surface area contributed by atoms with E-state index in [0.29, 0.717) is 23.0 Å². The standard InChI is InChI=1S/C27H27F2N5O6S/c1-14-6-15(2-4-21(14)29)10-34-11-20(18-8-17(28)3-5-23(18)34)25(36)19-9-31-13-32-27(19)33-22-7-16(24(35)26(22)37)12-40-41(30,38)39/h2-6,8-9,11,13,16,22,24,26,35,37H,7,10,12H2,1H3,(H2,30,38,39)(H,31,32,33)/t16-,22-,24-,26+/m1/s1. The number of carbonyl (C=O) groups is 1. The molecule has 0 aliphatic heterocycles. The quantitative estimate of drug-likeness (QED) is 0.214. The molecule has 0 spiro atoms. The summed E-state index contributed by atoms with van der Waals surface area (Å²) in [5.74, 6) is -2.12. The number of hydrogen-bond donors (Lipinski definition) is 4. The number of anilines is 1. The van der Waals surface area contributed by atoms with Gasteiger partial charge >= 0.3 is 10.3 Å². The van der Waals surface area contributed by atoms with Crippen molar-refractivity contribution < 1.29 is 36.4 Å². The number of halogens is 2. The van der Waals surface area contributed by atoms with E-state index in [1.54, 1.807) is 35.9 Å². The summed E-state index contributed by atoms with van der Waals surface area (Å²) in [7, 11) is -4.24. The molecule has 4 atom stereocenters. The molecular weight excluding hydrogens is 560 g/mol. The molecule has 1 aliphatic rings. The third-order valence-corrected chi connectivity index (χ3v) is 7.65. The van der Waals surface area contributed by atoms with E-state index >= 15 is 0 Å². The topological polar surface area (TPSA) is 170 Å². The Morgan fingerprint density at radius 3 is 2.68 bits per heavy atom. The molecule has 41 heavy (non-hydrogen) atoms. The van der Waals surface area contributed by atoms with Gasteiger partial charge in [0.1, 0.15) is 29.9 Å². The smallest absolute Gasteiger partial charge is 0.333 e. The molecule has 2 aromatic carbocycles. The largest absolute Gasteiger partial charge is 0.390 e. The van der Waals surface area contributed by atoms with E-state index < -0.39 is 52.7 Å². The van der Waals surface area contributed by atoms with Crippen molar-refractivity contribution >= 4 is 32.8 Å². The van der Waals surface area contributed by atoms with Gasteiger partial charge in [-0.3, -0.25) is 8.98 Å². The first-order valence-corrected chi connectivity index (χ1v) is 14.1. The van der Waals surface area contributed by atoms with Gasteiger partial charge in [0.05, 0.1) is 24.3 Å². The van der Waals surface area contributed by atoms with Gasteiger partial charge in [0.15, 0.2) is 5.78 Å². The van der Waals surface area contributed by atoms with Crippen LogP contribution in [0.2, 0.25) is 0 Å². The molecule has 1 fully saturated rings. The van der Waals surface area contributed by atoms with Crippen LogP contribution in [0.25, 0.3) is 10.9 Å². The number of aryl methyl sites for hydroxylation is 1. The van der Waals surface area contributed by atoms with Crippen molar-refractivity contribution in [2.75, 3.05) is 11.9 Å². The average molecular weight is 588 g/mol. The van der Waals surface area contributed by atoms with Crippen LogP contribution in [-0.2, 0) is 21.0 Å². The van der Waals surface area contributed by atoms with Crippen LogP contribution in [0.3, 0.4) is 0 Å².